The summed E-state index contributed by atoms with van der Waals surface area (Å²) in [5.74, 6) is 0.0695. The lowest BCUT2D eigenvalue weighted by Crippen LogP contribution is -2.54. The van der Waals surface area contributed by atoms with E-state index in [9.17, 15) is 9.59 Å². The molecule has 3 rings (SSSR count). The number of ether oxygens (including phenoxy) is 1. The maximum absolute atomic E-state index is 13.8. The number of carbonyl (C=O) groups excluding carboxylic acids is 2. The van der Waals surface area contributed by atoms with Crippen LogP contribution >= 0.6 is 24.8 Å². The number of imidazole rings is 1. The van der Waals surface area contributed by atoms with E-state index < -0.39 is 0 Å². The van der Waals surface area contributed by atoms with Gasteiger partial charge in [-0.3, -0.25) is 9.59 Å². The predicted molar refractivity (Wildman–Crippen MR) is 135 cm³/mol. The summed E-state index contributed by atoms with van der Waals surface area (Å²) in [6.45, 7) is 7.39. The Morgan fingerprint density at radius 2 is 1.97 bits per heavy atom. The molecule has 0 bridgehead atoms. The zero-order valence-corrected chi connectivity index (χ0v) is 21.3. The van der Waals surface area contributed by atoms with E-state index in [-0.39, 0.29) is 54.5 Å². The molecule has 1 fully saturated rings. The van der Waals surface area contributed by atoms with Gasteiger partial charge in [-0.25, -0.2) is 4.98 Å². The molecule has 1 aliphatic rings. The van der Waals surface area contributed by atoms with Crippen LogP contribution in [0, 0.1) is 11.8 Å². The van der Waals surface area contributed by atoms with Gasteiger partial charge < -0.3 is 25.3 Å². The van der Waals surface area contributed by atoms with Crippen LogP contribution in [0.3, 0.4) is 0 Å². The standard InChI is InChI=1S/C23H35N5O3.2ClH/c1-16(2)15-28(18-12-17(21(24)29)13-25-14-18)23(30)22-26-19-8-4-5-9-20(19)27(22)10-6-7-11-31-3;;/h4-5,8-9,16-18,25H,6-7,10-15H2,1-3H3,(H2,24,29);2*1H/t17?,18-;;/m0../s1. The highest BCUT2D eigenvalue weighted by Gasteiger charge is 2.34. The zero-order chi connectivity index (χ0) is 22.4. The number of nitrogens with one attached hydrogen (secondary N) is 1. The largest absolute Gasteiger partial charge is 0.385 e. The quantitative estimate of drug-likeness (QED) is 0.487. The third kappa shape index (κ3) is 7.30. The van der Waals surface area contributed by atoms with Gasteiger partial charge in [0.1, 0.15) is 0 Å². The molecule has 1 aromatic carbocycles. The van der Waals surface area contributed by atoms with Crippen molar-refractivity contribution in [3.8, 4) is 0 Å². The Labute approximate surface area is 208 Å². The molecule has 0 aliphatic carbocycles. The predicted octanol–water partition coefficient (Wildman–Crippen LogP) is 2.87. The molecule has 2 atom stereocenters. The molecule has 186 valence electrons. The first kappa shape index (κ1) is 29.2. The van der Waals surface area contributed by atoms with Crippen LogP contribution in [0.15, 0.2) is 24.3 Å². The van der Waals surface area contributed by atoms with E-state index in [0.29, 0.717) is 45.0 Å². The van der Waals surface area contributed by atoms with Gasteiger partial charge in [-0.05, 0) is 37.3 Å². The Morgan fingerprint density at radius 3 is 2.64 bits per heavy atom. The molecule has 0 saturated carbocycles. The summed E-state index contributed by atoms with van der Waals surface area (Å²) in [6.07, 6.45) is 2.39. The van der Waals surface area contributed by atoms with Gasteiger partial charge in [-0.1, -0.05) is 26.0 Å². The summed E-state index contributed by atoms with van der Waals surface area (Å²) in [5, 5.41) is 3.28. The fraction of sp³-hybridized carbons (Fsp3) is 0.609. The van der Waals surface area contributed by atoms with E-state index in [1.54, 1.807) is 7.11 Å². The van der Waals surface area contributed by atoms with Gasteiger partial charge in [0.2, 0.25) is 5.91 Å². The Kier molecular flexibility index (Phi) is 12.1. The van der Waals surface area contributed by atoms with Crippen LogP contribution in [-0.4, -0.2) is 65.7 Å². The second kappa shape index (κ2) is 13.7. The molecular weight excluding hydrogens is 465 g/mol. The van der Waals surface area contributed by atoms with Gasteiger partial charge in [0.15, 0.2) is 5.82 Å². The summed E-state index contributed by atoms with van der Waals surface area (Å²) in [4.78, 5) is 32.2. The lowest BCUT2D eigenvalue weighted by molar-refractivity contribution is -0.122. The maximum Gasteiger partial charge on any atom is 0.290 e. The summed E-state index contributed by atoms with van der Waals surface area (Å²) >= 11 is 0. The lowest BCUT2D eigenvalue weighted by atomic mass is 9.93. The van der Waals surface area contributed by atoms with E-state index in [1.165, 1.54) is 0 Å². The number of benzene rings is 1. The number of halogens is 2. The highest BCUT2D eigenvalue weighted by atomic mass is 35.5. The van der Waals surface area contributed by atoms with Crippen LogP contribution in [-0.2, 0) is 16.1 Å². The number of aryl methyl sites for hydroxylation is 1. The normalized spacial score (nSPS) is 17.9. The molecule has 2 heterocycles. The first-order valence-electron chi connectivity index (χ1n) is 11.2. The van der Waals surface area contributed by atoms with Gasteiger partial charge in [0.05, 0.1) is 17.0 Å². The number of unbranched alkanes of at least 4 members (excludes halogenated alkanes) is 1. The van der Waals surface area contributed by atoms with Gasteiger partial charge in [0, 0.05) is 45.9 Å². The zero-order valence-electron chi connectivity index (χ0n) is 19.7. The minimum absolute atomic E-state index is 0. The number of nitrogens with two attached hydrogens (primary N) is 1. The van der Waals surface area contributed by atoms with Gasteiger partial charge in [-0.15, -0.1) is 24.8 Å². The molecule has 1 saturated heterocycles. The average Bonchev–Trinajstić information content (AvgIpc) is 3.13. The highest BCUT2D eigenvalue weighted by molar-refractivity contribution is 5.95. The van der Waals surface area contributed by atoms with Crippen LogP contribution in [0.5, 0.6) is 0 Å². The summed E-state index contributed by atoms with van der Waals surface area (Å²) in [7, 11) is 1.70. The fourth-order valence-electron chi connectivity index (χ4n) is 4.27. The number of nitrogens with zero attached hydrogens (tertiary/aromatic N) is 3. The molecule has 10 heteroatoms. The summed E-state index contributed by atoms with van der Waals surface area (Å²) in [5.41, 5.74) is 7.34. The number of hydrogen-bond acceptors (Lipinski definition) is 5. The molecule has 2 amide bonds. The van der Waals surface area contributed by atoms with Crippen molar-refractivity contribution in [2.45, 2.75) is 45.7 Å². The first-order valence-corrected chi connectivity index (χ1v) is 11.2. The minimum Gasteiger partial charge on any atom is -0.385 e. The van der Waals surface area contributed by atoms with Crippen LogP contribution in [0.25, 0.3) is 11.0 Å². The number of para-hydroxylation sites is 2. The third-order valence-corrected chi connectivity index (χ3v) is 5.82. The molecule has 1 aromatic heterocycles. The van der Waals surface area contributed by atoms with Crippen molar-refractivity contribution in [2.75, 3.05) is 33.4 Å². The van der Waals surface area contributed by atoms with Gasteiger partial charge in [0.25, 0.3) is 5.91 Å². The molecule has 2 aromatic rings. The SMILES string of the molecule is COCCCCn1c(C(=O)N(CC(C)C)[C@@H]2CNCC(C(N)=O)C2)nc2ccccc21.Cl.Cl. The number of carbonyl (C=O) groups is 2. The number of piperidine rings is 1. The second-order valence-electron chi connectivity index (χ2n) is 8.77. The molecule has 0 radical (unpaired) electrons. The van der Waals surface area contributed by atoms with Crippen LogP contribution in [0.4, 0.5) is 0 Å². The van der Waals surface area contributed by atoms with E-state index >= 15 is 0 Å². The Hall–Kier alpha value is -1.87. The van der Waals surface area contributed by atoms with Crippen molar-refractivity contribution in [3.05, 3.63) is 30.1 Å². The van der Waals surface area contributed by atoms with Crippen molar-refractivity contribution in [1.29, 1.82) is 0 Å². The van der Waals surface area contributed by atoms with Gasteiger partial charge >= 0.3 is 0 Å². The van der Waals surface area contributed by atoms with E-state index in [1.807, 2.05) is 33.7 Å². The molecule has 3 N–H and O–H groups in total. The van der Waals surface area contributed by atoms with E-state index in [4.69, 9.17) is 15.5 Å². The Morgan fingerprint density at radius 1 is 1.24 bits per heavy atom. The fourth-order valence-corrected chi connectivity index (χ4v) is 4.27. The monoisotopic (exact) mass is 501 g/mol. The van der Waals surface area contributed by atoms with Crippen molar-refractivity contribution >= 4 is 47.7 Å². The van der Waals surface area contributed by atoms with Crippen molar-refractivity contribution in [3.63, 3.8) is 0 Å². The molecule has 0 spiro atoms. The lowest BCUT2D eigenvalue weighted by Gasteiger charge is -2.38. The molecule has 1 unspecified atom stereocenters. The van der Waals surface area contributed by atoms with E-state index in [2.05, 4.69) is 19.2 Å². The average molecular weight is 502 g/mol. The highest BCUT2D eigenvalue weighted by Crippen LogP contribution is 2.23. The third-order valence-electron chi connectivity index (χ3n) is 5.82. The number of fused-ring (bicyclic) bond motifs is 1. The number of aromatic nitrogens is 2. The minimum atomic E-state index is -0.320. The number of amides is 2. The summed E-state index contributed by atoms with van der Waals surface area (Å²) < 4.78 is 7.20. The van der Waals surface area contributed by atoms with Crippen molar-refractivity contribution < 1.29 is 14.3 Å². The first-order chi connectivity index (χ1) is 14.9. The molecule has 33 heavy (non-hydrogen) atoms. The Bertz CT molecular complexity index is 905. The van der Waals surface area contributed by atoms with Crippen molar-refractivity contribution in [2.24, 2.45) is 17.6 Å². The van der Waals surface area contributed by atoms with Crippen LogP contribution in [0.2, 0.25) is 0 Å². The molecule has 1 aliphatic heterocycles. The van der Waals surface area contributed by atoms with Crippen LogP contribution in [0.1, 0.15) is 43.7 Å². The van der Waals surface area contributed by atoms with Gasteiger partial charge in [-0.2, -0.15) is 0 Å². The molecule has 8 nitrogen and oxygen atoms in total. The maximum atomic E-state index is 13.8. The van der Waals surface area contributed by atoms with E-state index in [0.717, 1.165) is 23.9 Å². The number of methoxy groups -OCH3 is 1. The van der Waals surface area contributed by atoms with Crippen molar-refractivity contribution in [1.82, 2.24) is 19.8 Å². The molecular formula is C23H37Cl2N5O3. The topological polar surface area (TPSA) is 102 Å². The number of primary amides is 1. The Balaban J connectivity index is 0.00000272. The summed E-state index contributed by atoms with van der Waals surface area (Å²) in [6, 6.07) is 7.76. The number of rotatable bonds is 10. The second-order valence-corrected chi connectivity index (χ2v) is 8.77. The smallest absolute Gasteiger partial charge is 0.290 e. The number of hydrogen-bond donors (Lipinski definition) is 2. The van der Waals surface area contributed by atoms with Crippen LogP contribution < -0.4 is 11.1 Å².